The fraction of sp³-hybridized carbons (Fsp3) is 0.400. The van der Waals surface area contributed by atoms with Gasteiger partial charge in [0.15, 0.2) is 0 Å². The number of nitrogens with two attached hydrogens (primary N) is 1. The SMILES string of the molecule is NC(=O)C1CCCN1.c1ccncc1. The van der Waals surface area contributed by atoms with Crippen LogP contribution in [0.25, 0.3) is 0 Å². The molecule has 1 saturated heterocycles. The zero-order valence-electron chi connectivity index (χ0n) is 8.02. The van der Waals surface area contributed by atoms with Crippen molar-refractivity contribution in [3.63, 3.8) is 0 Å². The maximum Gasteiger partial charge on any atom is 0.234 e. The zero-order valence-corrected chi connectivity index (χ0v) is 8.02. The number of amides is 1. The Labute approximate surface area is 83.5 Å². The summed E-state index contributed by atoms with van der Waals surface area (Å²) in [7, 11) is 0. The third-order valence-electron chi connectivity index (χ3n) is 1.97. The van der Waals surface area contributed by atoms with Crippen molar-refractivity contribution in [3.05, 3.63) is 30.6 Å². The van der Waals surface area contributed by atoms with Crippen LogP contribution in [0.5, 0.6) is 0 Å². The minimum absolute atomic E-state index is 0.0463. The van der Waals surface area contributed by atoms with Crippen LogP contribution in [0.3, 0.4) is 0 Å². The van der Waals surface area contributed by atoms with Crippen LogP contribution in [0.15, 0.2) is 30.6 Å². The molecular formula is C10H15N3O. The third kappa shape index (κ3) is 4.00. The van der Waals surface area contributed by atoms with Crippen LogP contribution in [0, 0.1) is 0 Å². The van der Waals surface area contributed by atoms with E-state index >= 15 is 0 Å². The molecule has 1 aromatic rings. The second-order valence-electron chi connectivity index (χ2n) is 3.08. The molecule has 76 valence electrons. The Morgan fingerprint density at radius 2 is 2.07 bits per heavy atom. The summed E-state index contributed by atoms with van der Waals surface area (Å²) in [6.45, 7) is 0.938. The highest BCUT2D eigenvalue weighted by Crippen LogP contribution is 2.02. The van der Waals surface area contributed by atoms with Gasteiger partial charge in [-0.2, -0.15) is 0 Å². The van der Waals surface area contributed by atoms with E-state index in [1.807, 2.05) is 18.2 Å². The molecule has 0 radical (unpaired) electrons. The van der Waals surface area contributed by atoms with Crippen LogP contribution in [-0.4, -0.2) is 23.5 Å². The van der Waals surface area contributed by atoms with Crippen molar-refractivity contribution in [1.29, 1.82) is 0 Å². The lowest BCUT2D eigenvalue weighted by Gasteiger charge is -2.01. The van der Waals surface area contributed by atoms with Crippen molar-refractivity contribution in [3.8, 4) is 0 Å². The van der Waals surface area contributed by atoms with Gasteiger partial charge in [-0.25, -0.2) is 0 Å². The average molecular weight is 193 g/mol. The minimum atomic E-state index is -0.220. The molecule has 1 aromatic heterocycles. The Hall–Kier alpha value is -1.42. The summed E-state index contributed by atoms with van der Waals surface area (Å²) < 4.78 is 0. The highest BCUT2D eigenvalue weighted by Gasteiger charge is 2.18. The number of pyridine rings is 1. The predicted molar refractivity (Wildman–Crippen MR) is 54.5 cm³/mol. The van der Waals surface area contributed by atoms with E-state index in [9.17, 15) is 4.79 Å². The van der Waals surface area contributed by atoms with E-state index in [0.29, 0.717) is 0 Å². The van der Waals surface area contributed by atoms with E-state index in [2.05, 4.69) is 10.3 Å². The molecule has 2 rings (SSSR count). The quantitative estimate of drug-likeness (QED) is 0.674. The second kappa shape index (κ2) is 6.10. The van der Waals surface area contributed by atoms with Crippen LogP contribution in [0.2, 0.25) is 0 Å². The molecule has 0 bridgehead atoms. The number of aromatic nitrogens is 1. The summed E-state index contributed by atoms with van der Waals surface area (Å²) in [6, 6.07) is 5.67. The monoisotopic (exact) mass is 193 g/mol. The highest BCUT2D eigenvalue weighted by molar-refractivity contribution is 5.80. The lowest BCUT2D eigenvalue weighted by atomic mass is 10.2. The lowest BCUT2D eigenvalue weighted by Crippen LogP contribution is -2.36. The summed E-state index contributed by atoms with van der Waals surface area (Å²) in [6.07, 6.45) is 5.49. The van der Waals surface area contributed by atoms with Crippen LogP contribution < -0.4 is 11.1 Å². The number of primary amides is 1. The molecule has 1 atom stereocenters. The fourth-order valence-electron chi connectivity index (χ4n) is 1.24. The van der Waals surface area contributed by atoms with Gasteiger partial charge in [0.1, 0.15) is 0 Å². The van der Waals surface area contributed by atoms with Crippen LogP contribution in [0.1, 0.15) is 12.8 Å². The van der Waals surface area contributed by atoms with Gasteiger partial charge in [-0.1, -0.05) is 6.07 Å². The number of hydrogen-bond donors (Lipinski definition) is 2. The summed E-state index contributed by atoms with van der Waals surface area (Å²) in [4.78, 5) is 14.1. The molecule has 0 spiro atoms. The van der Waals surface area contributed by atoms with Gasteiger partial charge >= 0.3 is 0 Å². The highest BCUT2D eigenvalue weighted by atomic mass is 16.1. The van der Waals surface area contributed by atoms with Gasteiger partial charge in [0, 0.05) is 12.4 Å². The van der Waals surface area contributed by atoms with E-state index in [4.69, 9.17) is 5.73 Å². The number of nitrogens with zero attached hydrogens (tertiary/aromatic N) is 1. The zero-order chi connectivity index (χ0) is 10.2. The van der Waals surface area contributed by atoms with E-state index in [1.165, 1.54) is 0 Å². The molecule has 0 saturated carbocycles. The van der Waals surface area contributed by atoms with Gasteiger partial charge in [0.25, 0.3) is 0 Å². The van der Waals surface area contributed by atoms with Crippen molar-refractivity contribution in [2.45, 2.75) is 18.9 Å². The van der Waals surface area contributed by atoms with Crippen LogP contribution in [-0.2, 0) is 4.79 Å². The third-order valence-corrected chi connectivity index (χ3v) is 1.97. The molecule has 4 heteroatoms. The van der Waals surface area contributed by atoms with Crippen molar-refractivity contribution < 1.29 is 4.79 Å². The van der Waals surface area contributed by atoms with E-state index in [-0.39, 0.29) is 11.9 Å². The smallest absolute Gasteiger partial charge is 0.234 e. The molecule has 1 aliphatic heterocycles. The average Bonchev–Trinajstić information content (AvgIpc) is 2.74. The van der Waals surface area contributed by atoms with E-state index in [0.717, 1.165) is 19.4 Å². The Bertz CT molecular complexity index is 231. The molecule has 3 N–H and O–H groups in total. The number of hydrogen-bond acceptors (Lipinski definition) is 3. The molecule has 14 heavy (non-hydrogen) atoms. The normalized spacial score (nSPS) is 19.6. The Morgan fingerprint density at radius 3 is 2.29 bits per heavy atom. The largest absolute Gasteiger partial charge is 0.368 e. The Balaban J connectivity index is 0.000000146. The molecule has 1 amide bonds. The molecule has 0 aliphatic carbocycles. The van der Waals surface area contributed by atoms with Crippen molar-refractivity contribution in [2.75, 3.05) is 6.54 Å². The Morgan fingerprint density at radius 1 is 1.36 bits per heavy atom. The number of carbonyl (C=O) groups is 1. The molecule has 1 fully saturated rings. The summed E-state index contributed by atoms with van der Waals surface area (Å²) in [5, 5.41) is 2.98. The first-order valence-electron chi connectivity index (χ1n) is 4.68. The van der Waals surface area contributed by atoms with Crippen molar-refractivity contribution in [1.82, 2.24) is 10.3 Å². The summed E-state index contributed by atoms with van der Waals surface area (Å²) >= 11 is 0. The number of carbonyl (C=O) groups excluding carboxylic acids is 1. The van der Waals surface area contributed by atoms with Gasteiger partial charge in [-0.3, -0.25) is 9.78 Å². The maximum atomic E-state index is 10.4. The fourth-order valence-corrected chi connectivity index (χ4v) is 1.24. The van der Waals surface area contributed by atoms with Gasteiger partial charge in [-0.15, -0.1) is 0 Å². The van der Waals surface area contributed by atoms with Gasteiger partial charge < -0.3 is 11.1 Å². The first-order valence-corrected chi connectivity index (χ1v) is 4.68. The first-order chi connectivity index (χ1) is 6.80. The first kappa shape index (κ1) is 10.7. The summed E-state index contributed by atoms with van der Waals surface area (Å²) in [5.41, 5.74) is 5.00. The van der Waals surface area contributed by atoms with E-state index < -0.39 is 0 Å². The molecule has 4 nitrogen and oxygen atoms in total. The Kier molecular flexibility index (Phi) is 4.64. The molecule has 1 unspecified atom stereocenters. The number of rotatable bonds is 1. The number of nitrogens with one attached hydrogen (secondary N) is 1. The molecule has 2 heterocycles. The van der Waals surface area contributed by atoms with Crippen molar-refractivity contribution >= 4 is 5.91 Å². The van der Waals surface area contributed by atoms with Gasteiger partial charge in [-0.05, 0) is 31.5 Å². The van der Waals surface area contributed by atoms with Crippen molar-refractivity contribution in [2.24, 2.45) is 5.73 Å². The predicted octanol–water partition coefficient (Wildman–Crippen LogP) is 0.305. The molecule has 1 aliphatic rings. The van der Waals surface area contributed by atoms with Crippen LogP contribution in [0.4, 0.5) is 0 Å². The topological polar surface area (TPSA) is 68.0 Å². The lowest BCUT2D eigenvalue weighted by molar-refractivity contribution is -0.119. The second-order valence-corrected chi connectivity index (χ2v) is 3.08. The molecule has 0 aromatic carbocycles. The van der Waals surface area contributed by atoms with Gasteiger partial charge in [0.05, 0.1) is 6.04 Å². The minimum Gasteiger partial charge on any atom is -0.368 e. The standard InChI is InChI=1S/C5H10N2O.C5H5N/c6-5(8)4-2-1-3-7-4;1-2-4-6-5-3-1/h4,7H,1-3H2,(H2,6,8);1-5H. The molecular weight excluding hydrogens is 178 g/mol. The maximum absolute atomic E-state index is 10.4. The van der Waals surface area contributed by atoms with Crippen LogP contribution >= 0.6 is 0 Å². The van der Waals surface area contributed by atoms with Gasteiger partial charge in [0.2, 0.25) is 5.91 Å². The van der Waals surface area contributed by atoms with E-state index in [1.54, 1.807) is 12.4 Å². The summed E-state index contributed by atoms with van der Waals surface area (Å²) in [5.74, 6) is -0.220.